The molecule has 4 heterocycles. The average Bonchev–Trinajstić information content (AvgIpc) is 3.25. The number of hydrogen-bond donors (Lipinski definition) is 1. The Morgan fingerprint density at radius 2 is 1.97 bits per heavy atom. The largest absolute Gasteiger partial charge is 0.481 e. The van der Waals surface area contributed by atoms with Crippen LogP contribution in [0.15, 0.2) is 41.3 Å². The summed E-state index contributed by atoms with van der Waals surface area (Å²) in [5, 5.41) is 3.49. The van der Waals surface area contributed by atoms with Crippen LogP contribution in [0.1, 0.15) is 25.2 Å². The molecule has 180 valence electrons. The second-order valence-electron chi connectivity index (χ2n) is 8.30. The molecule has 1 N–H and O–H groups in total. The molecule has 2 atom stereocenters. The fourth-order valence-corrected chi connectivity index (χ4v) is 4.38. The molecule has 3 aromatic rings. The number of aryl methyl sites for hydroxylation is 2. The van der Waals surface area contributed by atoms with Gasteiger partial charge in [0.1, 0.15) is 17.3 Å². The molecule has 0 spiro atoms. The third-order valence-corrected chi connectivity index (χ3v) is 6.16. The van der Waals surface area contributed by atoms with Crippen molar-refractivity contribution in [3.8, 4) is 17.3 Å². The zero-order valence-corrected chi connectivity index (χ0v) is 20.4. The van der Waals surface area contributed by atoms with E-state index in [1.807, 2.05) is 45.0 Å². The molecule has 0 aromatic carbocycles. The molecule has 4 rings (SSSR count). The number of rotatable bonds is 8. The van der Waals surface area contributed by atoms with E-state index in [2.05, 4.69) is 20.2 Å². The Morgan fingerprint density at radius 1 is 1.15 bits per heavy atom. The highest BCUT2D eigenvalue weighted by atomic mass is 16.5. The van der Waals surface area contributed by atoms with E-state index in [4.69, 9.17) is 14.5 Å². The first-order valence-corrected chi connectivity index (χ1v) is 11.6. The quantitative estimate of drug-likeness (QED) is 0.544. The van der Waals surface area contributed by atoms with Gasteiger partial charge >= 0.3 is 0 Å². The minimum absolute atomic E-state index is 0.0722. The van der Waals surface area contributed by atoms with E-state index in [0.717, 1.165) is 22.8 Å². The van der Waals surface area contributed by atoms with Crippen molar-refractivity contribution in [2.75, 3.05) is 37.0 Å². The summed E-state index contributed by atoms with van der Waals surface area (Å²) >= 11 is 0. The predicted molar refractivity (Wildman–Crippen MR) is 133 cm³/mol. The van der Waals surface area contributed by atoms with Crippen LogP contribution < -0.4 is 20.5 Å². The highest BCUT2D eigenvalue weighted by Gasteiger charge is 2.35. The molecule has 1 fully saturated rings. The molecular formula is C25H32N6O3. The Bertz CT molecular complexity index is 1200. The summed E-state index contributed by atoms with van der Waals surface area (Å²) < 4.78 is 12.8. The standard InChI is InChI=1S/C25H32N6O3/c1-6-18-23(25(32)30(4)24(29-18)17-11-12-22(33-5)27-16(17)3)28-19-14-31(15-20(19)34-7-2)21-10-8-9-13-26-21/h8-13,19-20,28H,6-7,14-15H2,1-5H3/t19-,20-/m1/s1. The summed E-state index contributed by atoms with van der Waals surface area (Å²) in [7, 11) is 3.33. The van der Waals surface area contributed by atoms with Crippen LogP contribution in [-0.2, 0) is 18.2 Å². The molecule has 0 aliphatic carbocycles. The maximum atomic E-state index is 13.5. The molecule has 34 heavy (non-hydrogen) atoms. The van der Waals surface area contributed by atoms with Crippen molar-refractivity contribution < 1.29 is 9.47 Å². The Morgan fingerprint density at radius 3 is 2.62 bits per heavy atom. The lowest BCUT2D eigenvalue weighted by atomic mass is 10.1. The summed E-state index contributed by atoms with van der Waals surface area (Å²) in [6.07, 6.45) is 2.33. The lowest BCUT2D eigenvalue weighted by Crippen LogP contribution is -2.38. The van der Waals surface area contributed by atoms with Gasteiger partial charge in [-0.15, -0.1) is 0 Å². The number of hydrogen-bond acceptors (Lipinski definition) is 8. The van der Waals surface area contributed by atoms with Crippen molar-refractivity contribution in [1.82, 2.24) is 19.5 Å². The van der Waals surface area contributed by atoms with Gasteiger partial charge in [-0.3, -0.25) is 9.36 Å². The third kappa shape index (κ3) is 4.61. The Hall–Kier alpha value is -3.46. The van der Waals surface area contributed by atoms with Crippen molar-refractivity contribution in [3.05, 3.63) is 58.3 Å². The molecule has 0 unspecified atom stereocenters. The fraction of sp³-hybridized carbons (Fsp3) is 0.440. The highest BCUT2D eigenvalue weighted by molar-refractivity contribution is 5.62. The van der Waals surface area contributed by atoms with Crippen LogP contribution >= 0.6 is 0 Å². The summed E-state index contributed by atoms with van der Waals surface area (Å²) in [6.45, 7) is 7.85. The number of methoxy groups -OCH3 is 1. The molecule has 0 bridgehead atoms. The predicted octanol–water partition coefficient (Wildman–Crippen LogP) is 2.82. The minimum Gasteiger partial charge on any atom is -0.481 e. The molecule has 0 amide bonds. The van der Waals surface area contributed by atoms with Gasteiger partial charge in [-0.1, -0.05) is 13.0 Å². The van der Waals surface area contributed by atoms with Crippen LogP contribution in [0.25, 0.3) is 11.4 Å². The van der Waals surface area contributed by atoms with Gasteiger partial charge in [0.25, 0.3) is 5.56 Å². The summed E-state index contributed by atoms with van der Waals surface area (Å²) in [4.78, 5) is 29.5. The normalized spacial score (nSPS) is 17.7. The Balaban J connectivity index is 1.68. The van der Waals surface area contributed by atoms with Gasteiger partial charge in [0.05, 0.1) is 30.6 Å². The third-order valence-electron chi connectivity index (χ3n) is 6.16. The van der Waals surface area contributed by atoms with Crippen LogP contribution in [0.2, 0.25) is 0 Å². The lowest BCUT2D eigenvalue weighted by molar-refractivity contribution is 0.0719. The first kappa shape index (κ1) is 23.7. The number of anilines is 2. The van der Waals surface area contributed by atoms with Gasteiger partial charge in [0, 0.05) is 44.6 Å². The van der Waals surface area contributed by atoms with Crippen molar-refractivity contribution >= 4 is 11.5 Å². The van der Waals surface area contributed by atoms with E-state index in [-0.39, 0.29) is 17.7 Å². The summed E-state index contributed by atoms with van der Waals surface area (Å²) in [6, 6.07) is 9.47. The van der Waals surface area contributed by atoms with E-state index in [9.17, 15) is 4.79 Å². The summed E-state index contributed by atoms with van der Waals surface area (Å²) in [5.74, 6) is 2.01. The second kappa shape index (κ2) is 10.2. The van der Waals surface area contributed by atoms with E-state index < -0.39 is 0 Å². The SMILES string of the molecule is CCO[C@@H]1CN(c2ccccn2)C[C@H]1Nc1c(CC)nc(-c2ccc(OC)nc2C)n(C)c1=O. The van der Waals surface area contributed by atoms with Gasteiger partial charge < -0.3 is 19.7 Å². The fourth-order valence-electron chi connectivity index (χ4n) is 4.38. The first-order chi connectivity index (χ1) is 16.5. The number of ether oxygens (including phenoxy) is 2. The molecule has 3 aromatic heterocycles. The van der Waals surface area contributed by atoms with E-state index in [1.54, 1.807) is 31.0 Å². The van der Waals surface area contributed by atoms with Crippen LogP contribution in [0.5, 0.6) is 5.88 Å². The Kier molecular flexibility index (Phi) is 7.12. The average molecular weight is 465 g/mol. The van der Waals surface area contributed by atoms with E-state index in [1.165, 1.54) is 0 Å². The van der Waals surface area contributed by atoms with Crippen LogP contribution in [-0.4, -0.2) is 58.5 Å². The van der Waals surface area contributed by atoms with Crippen molar-refractivity contribution in [2.45, 2.75) is 39.3 Å². The molecule has 0 radical (unpaired) electrons. The molecule has 1 aliphatic rings. The molecule has 1 aliphatic heterocycles. The maximum absolute atomic E-state index is 13.5. The first-order valence-electron chi connectivity index (χ1n) is 11.6. The van der Waals surface area contributed by atoms with Crippen molar-refractivity contribution in [1.29, 1.82) is 0 Å². The number of nitrogens with one attached hydrogen (secondary N) is 1. The highest BCUT2D eigenvalue weighted by Crippen LogP contribution is 2.26. The molecule has 0 saturated carbocycles. The van der Waals surface area contributed by atoms with Crippen molar-refractivity contribution in [3.63, 3.8) is 0 Å². The number of pyridine rings is 2. The lowest BCUT2D eigenvalue weighted by Gasteiger charge is -2.22. The van der Waals surface area contributed by atoms with Crippen molar-refractivity contribution in [2.24, 2.45) is 7.05 Å². The smallest absolute Gasteiger partial charge is 0.277 e. The number of aromatic nitrogens is 4. The van der Waals surface area contributed by atoms with Crippen LogP contribution in [0.4, 0.5) is 11.5 Å². The minimum atomic E-state index is -0.122. The van der Waals surface area contributed by atoms with E-state index in [0.29, 0.717) is 43.5 Å². The van der Waals surface area contributed by atoms with Gasteiger partial charge in [-0.25, -0.2) is 15.0 Å². The molecule has 9 nitrogen and oxygen atoms in total. The van der Waals surface area contributed by atoms with Crippen LogP contribution in [0.3, 0.4) is 0 Å². The van der Waals surface area contributed by atoms with Crippen LogP contribution in [0, 0.1) is 6.92 Å². The van der Waals surface area contributed by atoms with Gasteiger partial charge in [-0.05, 0) is 38.5 Å². The second-order valence-corrected chi connectivity index (χ2v) is 8.30. The molecular weight excluding hydrogens is 432 g/mol. The van der Waals surface area contributed by atoms with Gasteiger partial charge in [0.2, 0.25) is 5.88 Å². The monoisotopic (exact) mass is 464 g/mol. The van der Waals surface area contributed by atoms with Gasteiger partial charge in [-0.2, -0.15) is 0 Å². The Labute approximate surface area is 199 Å². The summed E-state index contributed by atoms with van der Waals surface area (Å²) in [5.41, 5.74) is 2.67. The topological polar surface area (TPSA) is 94.4 Å². The zero-order chi connectivity index (χ0) is 24.2. The van der Waals surface area contributed by atoms with E-state index >= 15 is 0 Å². The van der Waals surface area contributed by atoms with Gasteiger partial charge in [0.15, 0.2) is 0 Å². The molecule has 9 heteroatoms. The number of nitrogens with zero attached hydrogens (tertiary/aromatic N) is 5. The zero-order valence-electron chi connectivity index (χ0n) is 20.4. The maximum Gasteiger partial charge on any atom is 0.277 e. The molecule has 1 saturated heterocycles.